The molecule has 0 atom stereocenters. The van der Waals surface area contributed by atoms with E-state index in [0.717, 1.165) is 6.42 Å². The van der Waals surface area contributed by atoms with Gasteiger partial charge in [0.1, 0.15) is 0 Å². The Morgan fingerprint density at radius 2 is 0.930 bits per heavy atom. The fourth-order valence-corrected chi connectivity index (χ4v) is 7.62. The van der Waals surface area contributed by atoms with Crippen molar-refractivity contribution in [3.63, 3.8) is 0 Å². The number of hydrogen-bond acceptors (Lipinski definition) is 0. The first kappa shape index (κ1) is 52.5. The minimum atomic E-state index is 0. The van der Waals surface area contributed by atoms with E-state index in [2.05, 4.69) is 187 Å². The Morgan fingerprint density at radius 3 is 1.35 bits per heavy atom. The van der Waals surface area contributed by atoms with Gasteiger partial charge in [-0.25, -0.2) is 12.1 Å². The topological polar surface area (TPSA) is 0 Å². The summed E-state index contributed by atoms with van der Waals surface area (Å²) in [4.78, 5) is 0. The van der Waals surface area contributed by atoms with Crippen molar-refractivity contribution in [1.82, 2.24) is 0 Å². The average molecular weight is 985 g/mol. The zero-order valence-electron chi connectivity index (χ0n) is 33.4. The van der Waals surface area contributed by atoms with Crippen molar-refractivity contribution in [2.24, 2.45) is 0 Å². The zero-order chi connectivity index (χ0) is 36.7. The maximum atomic E-state index is 3.88. The van der Waals surface area contributed by atoms with Crippen molar-refractivity contribution in [2.75, 3.05) is 0 Å². The van der Waals surface area contributed by atoms with Crippen LogP contribution in [0, 0.1) is 6.07 Å². The van der Waals surface area contributed by atoms with Gasteiger partial charge in [0.15, 0.2) is 0 Å². The van der Waals surface area contributed by atoms with Crippen LogP contribution in [0.5, 0.6) is 0 Å². The first-order chi connectivity index (χ1) is 25.0. The molecule has 0 aliphatic heterocycles. The third kappa shape index (κ3) is 13.5. The standard InChI is InChI=1S/C33H33.C13H10.C5H5.4ClH.2Zr/c1-32(2,3)30-20-26-24(18-28(30)22-13-9-7-10-14-22)17-25-19-29(23-15-11-8-12-16-23)31(21-27(25)26)33(4,5)6;1-3-7-12(8-4-1)11-13-9-5-2-6-10-13;1-2-4-5-3-1;;;;;;/h7-16,18,20-21H,17H2,1-6H3;1-10H;1-5H;4*1H;;/q-1;;-1;;;;;+2;+4/p-4. The fraction of sp³-hybridized carbons (Fsp3) is 0.176. The molecule has 0 nitrogen and oxygen atoms in total. The van der Waals surface area contributed by atoms with Gasteiger partial charge < -0.3 is 49.6 Å². The average Bonchev–Trinajstić information content (AvgIpc) is 3.86. The van der Waals surface area contributed by atoms with Crippen LogP contribution >= 0.6 is 0 Å². The van der Waals surface area contributed by atoms with E-state index in [1.54, 1.807) is 0 Å². The molecule has 0 aromatic heterocycles. The van der Waals surface area contributed by atoms with Crippen LogP contribution < -0.4 is 49.6 Å². The number of rotatable bonds is 4. The van der Waals surface area contributed by atoms with Gasteiger partial charge in [0.25, 0.3) is 0 Å². The quantitative estimate of drug-likeness (QED) is 0.233. The molecule has 0 saturated carbocycles. The second-order valence-electron chi connectivity index (χ2n) is 15.5. The van der Waals surface area contributed by atoms with Gasteiger partial charge in [-0.3, -0.25) is 0 Å². The molecule has 288 valence electrons. The monoisotopic (exact) mass is 980 g/mol. The van der Waals surface area contributed by atoms with Gasteiger partial charge >= 0.3 is 125 Å². The van der Waals surface area contributed by atoms with Crippen LogP contribution in [0.4, 0.5) is 0 Å². The minimum Gasteiger partial charge on any atom is -0.214 e. The van der Waals surface area contributed by atoms with Crippen molar-refractivity contribution in [2.45, 2.75) is 58.8 Å². The molecule has 0 N–H and O–H groups in total. The summed E-state index contributed by atoms with van der Waals surface area (Å²) in [5.41, 5.74) is 16.2. The third-order valence-corrected chi connectivity index (χ3v) is 10.9. The van der Waals surface area contributed by atoms with Crippen LogP contribution in [-0.2, 0) is 67.7 Å². The summed E-state index contributed by atoms with van der Waals surface area (Å²) < 4.78 is 1.42. The van der Waals surface area contributed by atoms with Gasteiger partial charge in [-0.05, 0) is 39.5 Å². The second-order valence-corrected chi connectivity index (χ2v) is 16.7. The predicted molar refractivity (Wildman–Crippen MR) is 220 cm³/mol. The zero-order valence-corrected chi connectivity index (χ0v) is 41.3. The molecule has 7 aromatic carbocycles. The number of benzene rings is 6. The maximum Gasteiger partial charge on any atom is 4.00 e. The Morgan fingerprint density at radius 1 is 0.509 bits per heavy atom. The normalized spacial score (nSPS) is 10.7. The molecule has 1 aliphatic rings. The van der Waals surface area contributed by atoms with Gasteiger partial charge in [-0.15, -0.1) is 28.8 Å². The van der Waals surface area contributed by atoms with Crippen molar-refractivity contribution in [1.29, 1.82) is 0 Å². The van der Waals surface area contributed by atoms with E-state index in [1.807, 2.05) is 30.3 Å². The molecule has 1 aliphatic carbocycles. The van der Waals surface area contributed by atoms with Crippen LogP contribution in [0.2, 0.25) is 0 Å². The Hall–Kier alpha value is -2.53. The summed E-state index contributed by atoms with van der Waals surface area (Å²) in [5, 5.41) is 0. The largest absolute Gasteiger partial charge is 4.00 e. The Bertz CT molecular complexity index is 2060. The van der Waals surface area contributed by atoms with Gasteiger partial charge in [0.05, 0.1) is 0 Å². The Labute approximate surface area is 400 Å². The predicted octanol–water partition coefficient (Wildman–Crippen LogP) is 1.21. The number of fused-ring (bicyclic) bond motifs is 3. The van der Waals surface area contributed by atoms with Crippen LogP contribution in [0.3, 0.4) is 0 Å². The molecule has 7 aromatic rings. The summed E-state index contributed by atoms with van der Waals surface area (Å²) in [6.45, 7) is 13.9. The minimum absolute atomic E-state index is 0. The molecular weight excluding hydrogens is 937 g/mol. The summed E-state index contributed by atoms with van der Waals surface area (Å²) in [6, 6.07) is 63.9. The first-order valence-corrected chi connectivity index (χ1v) is 19.5. The SMILES string of the molecule is CC(C)(C)c1cc2c([c-]c1-c1ccccc1)Cc1cc(-c3ccccc3)c(C(C)(C)C)cc1-2.[Cl-].[Cl-].[Cl-].[Cl-].[Zr+2]=[C](c1ccccc1)c1ccccc1.[Zr+4].c1cc[cH-]c1. The van der Waals surface area contributed by atoms with Gasteiger partial charge in [-0.2, -0.15) is 18.2 Å². The molecule has 8 rings (SSSR count). The van der Waals surface area contributed by atoms with E-state index in [1.165, 1.54) is 94.2 Å². The van der Waals surface area contributed by atoms with Crippen LogP contribution in [-0.4, -0.2) is 3.21 Å². The summed E-state index contributed by atoms with van der Waals surface area (Å²) in [7, 11) is 0. The Balaban J connectivity index is 0.000000566. The Kier molecular flexibility index (Phi) is 22.0. The molecule has 0 saturated heterocycles. The van der Waals surface area contributed by atoms with Crippen LogP contribution in [0.15, 0.2) is 170 Å². The van der Waals surface area contributed by atoms with Crippen molar-refractivity contribution >= 4 is 3.21 Å². The first-order valence-electron chi connectivity index (χ1n) is 18.2. The van der Waals surface area contributed by atoms with E-state index in [-0.39, 0.29) is 86.7 Å². The van der Waals surface area contributed by atoms with Gasteiger partial charge in [-0.1, -0.05) is 131 Å². The molecule has 0 fully saturated rings. The molecule has 0 unspecified atom stereocenters. The molecule has 57 heavy (non-hydrogen) atoms. The molecule has 0 heterocycles. The van der Waals surface area contributed by atoms with Gasteiger partial charge in [0, 0.05) is 0 Å². The molecule has 0 amide bonds. The van der Waals surface area contributed by atoms with Crippen molar-refractivity contribution in [3.05, 3.63) is 209 Å². The second kappa shape index (κ2) is 23.9. The van der Waals surface area contributed by atoms with E-state index in [9.17, 15) is 0 Å². The molecule has 6 heteroatoms. The summed E-state index contributed by atoms with van der Waals surface area (Å²) in [6.07, 6.45) is 0.944. The van der Waals surface area contributed by atoms with E-state index >= 15 is 0 Å². The summed E-state index contributed by atoms with van der Waals surface area (Å²) >= 11 is 1.46. The van der Waals surface area contributed by atoms with E-state index in [0.29, 0.717) is 0 Å². The molecular formula is C51H48Cl4Zr2. The van der Waals surface area contributed by atoms with Crippen molar-refractivity contribution in [3.8, 4) is 33.4 Å². The molecule has 0 radical (unpaired) electrons. The van der Waals surface area contributed by atoms with E-state index < -0.39 is 0 Å². The molecule has 0 spiro atoms. The van der Waals surface area contributed by atoms with Gasteiger partial charge in [0.2, 0.25) is 0 Å². The van der Waals surface area contributed by atoms with Crippen LogP contribution in [0.25, 0.3) is 33.4 Å². The number of halogens is 4. The fourth-order valence-electron chi connectivity index (χ4n) is 6.80. The van der Waals surface area contributed by atoms with Crippen LogP contribution in [0.1, 0.15) is 74.9 Å². The van der Waals surface area contributed by atoms with Crippen molar-refractivity contribution < 1.29 is 100 Å². The smallest absolute Gasteiger partial charge is 0.214 e. The maximum absolute atomic E-state index is 3.88. The number of hydrogen-bond donors (Lipinski definition) is 0. The summed E-state index contributed by atoms with van der Waals surface area (Å²) in [5.74, 6) is 0. The molecule has 0 bridgehead atoms. The van der Waals surface area contributed by atoms with E-state index in [4.69, 9.17) is 0 Å². The third-order valence-electron chi connectivity index (χ3n) is 9.50.